The summed E-state index contributed by atoms with van der Waals surface area (Å²) in [6.07, 6.45) is 0.728. The number of amides is 1. The standard InChI is InChI=1S/C16H17F2IN2O2/c1-9(2)5-10-6-12(23-16(17,18)19)7-11-8-13-15(22)20-3-4-21(13)14(10)11/h6-9H,3-5H2,1-2H3,(H,20,22). The van der Waals surface area contributed by atoms with Gasteiger partial charge in [-0.05, 0) is 36.1 Å². The minimum absolute atomic E-state index is 0.121. The number of fused-ring (bicyclic) bond motifs is 3. The van der Waals surface area contributed by atoms with E-state index in [0.29, 0.717) is 24.7 Å². The van der Waals surface area contributed by atoms with Crippen LogP contribution in [0.15, 0.2) is 18.2 Å². The van der Waals surface area contributed by atoms with Gasteiger partial charge in [0.1, 0.15) is 11.4 Å². The lowest BCUT2D eigenvalue weighted by Crippen LogP contribution is -2.35. The van der Waals surface area contributed by atoms with Gasteiger partial charge in [-0.15, -0.1) is 0 Å². The number of hydrogen-bond donors (Lipinski definition) is 1. The van der Waals surface area contributed by atoms with Crippen molar-refractivity contribution in [3.8, 4) is 5.75 Å². The number of alkyl halides is 3. The zero-order valence-electron chi connectivity index (χ0n) is 12.8. The maximum atomic E-state index is 13.2. The second-order valence-electron chi connectivity index (χ2n) is 6.10. The molecule has 0 atom stereocenters. The van der Waals surface area contributed by atoms with Gasteiger partial charge in [0.2, 0.25) is 0 Å². The maximum absolute atomic E-state index is 13.2. The molecule has 2 aromatic rings. The second kappa shape index (κ2) is 5.92. The van der Waals surface area contributed by atoms with Gasteiger partial charge in [0, 0.05) is 18.5 Å². The quantitative estimate of drug-likeness (QED) is 0.585. The van der Waals surface area contributed by atoms with Crippen LogP contribution in [0.3, 0.4) is 0 Å². The molecular weight excluding hydrogens is 417 g/mol. The van der Waals surface area contributed by atoms with E-state index in [0.717, 1.165) is 45.5 Å². The fourth-order valence-corrected chi connectivity index (χ4v) is 3.31. The zero-order valence-corrected chi connectivity index (χ0v) is 15.0. The molecule has 1 aliphatic heterocycles. The second-order valence-corrected chi connectivity index (χ2v) is 7.36. The van der Waals surface area contributed by atoms with E-state index in [9.17, 15) is 13.6 Å². The highest BCUT2D eigenvalue weighted by Crippen LogP contribution is 2.34. The predicted octanol–water partition coefficient (Wildman–Crippen LogP) is 3.95. The van der Waals surface area contributed by atoms with E-state index in [4.69, 9.17) is 4.74 Å². The Morgan fingerprint density at radius 3 is 2.78 bits per heavy atom. The number of hydrogen-bond acceptors (Lipinski definition) is 2. The van der Waals surface area contributed by atoms with Crippen molar-refractivity contribution in [3.05, 3.63) is 29.5 Å². The van der Waals surface area contributed by atoms with Gasteiger partial charge in [0.15, 0.2) is 0 Å². The summed E-state index contributed by atoms with van der Waals surface area (Å²) in [5.41, 5.74) is 2.43. The Kier molecular flexibility index (Phi) is 4.24. The van der Waals surface area contributed by atoms with Gasteiger partial charge in [-0.1, -0.05) is 13.8 Å². The lowest BCUT2D eigenvalue weighted by molar-refractivity contribution is -0.0691. The van der Waals surface area contributed by atoms with Crippen LogP contribution in [-0.2, 0) is 13.0 Å². The van der Waals surface area contributed by atoms with Crippen LogP contribution < -0.4 is 10.1 Å². The maximum Gasteiger partial charge on any atom is 0.451 e. The number of rotatable bonds is 4. The van der Waals surface area contributed by atoms with Crippen molar-refractivity contribution in [1.82, 2.24) is 9.88 Å². The van der Waals surface area contributed by atoms with E-state index >= 15 is 0 Å². The molecule has 0 fully saturated rings. The third kappa shape index (κ3) is 3.44. The molecule has 0 saturated carbocycles. The van der Waals surface area contributed by atoms with Gasteiger partial charge >= 0.3 is 4.12 Å². The molecule has 0 unspecified atom stereocenters. The summed E-state index contributed by atoms with van der Waals surface area (Å²) in [4.78, 5) is 12.0. The lowest BCUT2D eigenvalue weighted by Gasteiger charge is -2.19. The minimum Gasteiger partial charge on any atom is -0.425 e. The van der Waals surface area contributed by atoms with Crippen LogP contribution in [0.2, 0.25) is 0 Å². The Morgan fingerprint density at radius 2 is 2.13 bits per heavy atom. The van der Waals surface area contributed by atoms with Gasteiger partial charge in [0.25, 0.3) is 5.91 Å². The van der Waals surface area contributed by atoms with E-state index in [-0.39, 0.29) is 11.7 Å². The number of nitrogens with one attached hydrogen (secondary N) is 1. The smallest absolute Gasteiger partial charge is 0.425 e. The fraction of sp³-hybridized carbons (Fsp3) is 0.438. The molecule has 1 aliphatic rings. The Hall–Kier alpha value is -1.38. The largest absolute Gasteiger partial charge is 0.451 e. The van der Waals surface area contributed by atoms with Crippen molar-refractivity contribution in [2.45, 2.75) is 30.9 Å². The topological polar surface area (TPSA) is 43.3 Å². The first-order chi connectivity index (χ1) is 10.7. The molecule has 4 nitrogen and oxygen atoms in total. The molecule has 0 radical (unpaired) electrons. The molecule has 1 aromatic carbocycles. The Balaban J connectivity index is 2.19. The van der Waals surface area contributed by atoms with E-state index in [1.165, 1.54) is 0 Å². The normalized spacial score (nSPS) is 15.0. The highest BCUT2D eigenvalue weighted by atomic mass is 127. The monoisotopic (exact) mass is 434 g/mol. The number of benzene rings is 1. The third-order valence-electron chi connectivity index (χ3n) is 3.76. The summed E-state index contributed by atoms with van der Waals surface area (Å²) in [7, 11) is 0. The van der Waals surface area contributed by atoms with Crippen molar-refractivity contribution in [2.24, 2.45) is 5.92 Å². The van der Waals surface area contributed by atoms with E-state index in [1.54, 1.807) is 18.2 Å². The van der Waals surface area contributed by atoms with Crippen molar-refractivity contribution >= 4 is 39.4 Å². The highest BCUT2D eigenvalue weighted by molar-refractivity contribution is 14.1. The van der Waals surface area contributed by atoms with Gasteiger partial charge in [0.05, 0.1) is 28.1 Å². The zero-order chi connectivity index (χ0) is 16.8. The number of ether oxygens (including phenoxy) is 1. The predicted molar refractivity (Wildman–Crippen MR) is 92.4 cm³/mol. The molecule has 2 heterocycles. The molecule has 23 heavy (non-hydrogen) atoms. The summed E-state index contributed by atoms with van der Waals surface area (Å²) >= 11 is 0.956. The summed E-state index contributed by atoms with van der Waals surface area (Å²) < 4.78 is 29.8. The van der Waals surface area contributed by atoms with Gasteiger partial charge in [-0.3, -0.25) is 4.79 Å². The van der Waals surface area contributed by atoms with E-state index in [1.807, 2.05) is 4.57 Å². The SMILES string of the molecule is CC(C)Cc1cc(OC(F)(F)I)cc2cc3n(c12)CCNC3=O. The van der Waals surface area contributed by atoms with Gasteiger partial charge in [-0.2, -0.15) is 8.78 Å². The first-order valence-electron chi connectivity index (χ1n) is 7.44. The van der Waals surface area contributed by atoms with Gasteiger partial charge < -0.3 is 14.6 Å². The van der Waals surface area contributed by atoms with Crippen molar-refractivity contribution in [2.75, 3.05) is 6.54 Å². The van der Waals surface area contributed by atoms with E-state index < -0.39 is 4.12 Å². The van der Waals surface area contributed by atoms with Crippen LogP contribution in [0.4, 0.5) is 8.78 Å². The molecular formula is C16H17F2IN2O2. The average molecular weight is 434 g/mol. The average Bonchev–Trinajstić information content (AvgIpc) is 2.76. The van der Waals surface area contributed by atoms with Crippen LogP contribution in [0, 0.1) is 5.92 Å². The van der Waals surface area contributed by atoms with Crippen LogP contribution >= 0.6 is 22.6 Å². The molecule has 1 amide bonds. The molecule has 124 valence electrons. The first-order valence-corrected chi connectivity index (χ1v) is 8.52. The summed E-state index contributed by atoms with van der Waals surface area (Å²) in [5.74, 6) is 0.345. The highest BCUT2D eigenvalue weighted by Gasteiger charge is 2.28. The Labute approximate surface area is 146 Å². The van der Waals surface area contributed by atoms with Crippen molar-refractivity contribution in [3.63, 3.8) is 0 Å². The molecule has 7 heteroatoms. The summed E-state index contributed by atoms with van der Waals surface area (Å²) in [5, 5.41) is 3.56. The first kappa shape index (κ1) is 16.5. The molecule has 1 N–H and O–H groups in total. The van der Waals surface area contributed by atoms with Crippen LogP contribution in [0.5, 0.6) is 5.75 Å². The minimum atomic E-state index is -3.27. The Morgan fingerprint density at radius 1 is 1.39 bits per heavy atom. The molecule has 1 aromatic heterocycles. The number of halogens is 3. The summed E-state index contributed by atoms with van der Waals surface area (Å²) in [6, 6.07) is 4.98. The fourth-order valence-electron chi connectivity index (χ4n) is 3.05. The number of carbonyl (C=O) groups excluding carboxylic acids is 1. The molecule has 0 aliphatic carbocycles. The molecule has 0 saturated heterocycles. The number of carbonyl (C=O) groups is 1. The Bertz CT molecular complexity index is 766. The number of aromatic nitrogens is 1. The van der Waals surface area contributed by atoms with Gasteiger partial charge in [-0.25, -0.2) is 0 Å². The molecule has 3 rings (SSSR count). The molecule has 0 spiro atoms. The molecule has 0 bridgehead atoms. The summed E-state index contributed by atoms with van der Waals surface area (Å²) in [6.45, 7) is 5.39. The third-order valence-corrected chi connectivity index (χ3v) is 3.98. The van der Waals surface area contributed by atoms with Crippen LogP contribution in [0.25, 0.3) is 10.9 Å². The van der Waals surface area contributed by atoms with Crippen LogP contribution in [-0.4, -0.2) is 21.1 Å². The van der Waals surface area contributed by atoms with Crippen LogP contribution in [0.1, 0.15) is 29.9 Å². The number of nitrogens with zero attached hydrogens (tertiary/aromatic N) is 1. The lowest BCUT2D eigenvalue weighted by atomic mass is 10.0. The van der Waals surface area contributed by atoms with Crippen molar-refractivity contribution in [1.29, 1.82) is 0 Å². The van der Waals surface area contributed by atoms with E-state index in [2.05, 4.69) is 19.2 Å². The van der Waals surface area contributed by atoms with Crippen molar-refractivity contribution < 1.29 is 18.3 Å².